The van der Waals surface area contributed by atoms with Gasteiger partial charge in [0, 0.05) is 30.9 Å². The predicted molar refractivity (Wildman–Crippen MR) is 120 cm³/mol. The Balaban J connectivity index is 0.00000364. The number of hydrogen-bond acceptors (Lipinski definition) is 4. The number of nitrogens with zero attached hydrogens (tertiary/aromatic N) is 2. The fourth-order valence-electron chi connectivity index (χ4n) is 2.41. The van der Waals surface area contributed by atoms with Gasteiger partial charge in [0.05, 0.1) is 19.8 Å². The number of pyridine rings is 1. The highest BCUT2D eigenvalue weighted by atomic mass is 127. The van der Waals surface area contributed by atoms with Crippen molar-refractivity contribution in [1.82, 2.24) is 15.6 Å². The maximum absolute atomic E-state index is 5.67. The van der Waals surface area contributed by atoms with E-state index in [1.165, 1.54) is 0 Å². The van der Waals surface area contributed by atoms with Gasteiger partial charge in [0.25, 0.3) is 0 Å². The van der Waals surface area contributed by atoms with Crippen LogP contribution < -0.4 is 20.1 Å². The molecule has 0 bridgehead atoms. The first-order valence-corrected chi connectivity index (χ1v) is 9.07. The fraction of sp³-hybridized carbons (Fsp3) is 0.400. The van der Waals surface area contributed by atoms with Crippen LogP contribution in [0.4, 0.5) is 0 Å². The highest BCUT2D eigenvalue weighted by Crippen LogP contribution is 2.17. The summed E-state index contributed by atoms with van der Waals surface area (Å²) in [4.78, 5) is 8.83. The second kappa shape index (κ2) is 13.2. The van der Waals surface area contributed by atoms with Crippen LogP contribution in [0.1, 0.15) is 31.9 Å². The Labute approximate surface area is 178 Å². The number of halogens is 1. The molecule has 0 fully saturated rings. The lowest BCUT2D eigenvalue weighted by Gasteiger charge is -2.14. The van der Waals surface area contributed by atoms with Crippen LogP contribution >= 0.6 is 24.0 Å². The first-order chi connectivity index (χ1) is 12.8. The topological polar surface area (TPSA) is 67.8 Å². The van der Waals surface area contributed by atoms with Crippen LogP contribution in [0.25, 0.3) is 0 Å². The zero-order valence-corrected chi connectivity index (χ0v) is 18.5. The van der Waals surface area contributed by atoms with Gasteiger partial charge >= 0.3 is 0 Å². The summed E-state index contributed by atoms with van der Waals surface area (Å²) in [5.74, 6) is 2.28. The number of guanidine groups is 1. The van der Waals surface area contributed by atoms with Crippen molar-refractivity contribution in [3.63, 3.8) is 0 Å². The van der Waals surface area contributed by atoms with Crippen LogP contribution in [0.2, 0.25) is 0 Å². The van der Waals surface area contributed by atoms with E-state index in [9.17, 15) is 0 Å². The van der Waals surface area contributed by atoms with Gasteiger partial charge in [-0.2, -0.15) is 0 Å². The smallest absolute Gasteiger partial charge is 0.213 e. The van der Waals surface area contributed by atoms with Gasteiger partial charge in [-0.3, -0.25) is 0 Å². The molecular weight excluding hydrogens is 455 g/mol. The lowest BCUT2D eigenvalue weighted by molar-refractivity contribution is 0.326. The molecule has 0 saturated carbocycles. The summed E-state index contributed by atoms with van der Waals surface area (Å²) >= 11 is 0. The number of rotatable bonds is 9. The fourth-order valence-corrected chi connectivity index (χ4v) is 2.41. The van der Waals surface area contributed by atoms with Gasteiger partial charge in [0.1, 0.15) is 5.75 Å². The second-order valence-corrected chi connectivity index (χ2v) is 5.52. The molecule has 27 heavy (non-hydrogen) atoms. The Morgan fingerprint density at radius 1 is 1.04 bits per heavy atom. The van der Waals surface area contributed by atoms with E-state index in [-0.39, 0.29) is 24.0 Å². The summed E-state index contributed by atoms with van der Waals surface area (Å²) in [6, 6.07) is 11.9. The Bertz CT molecular complexity index is 710. The molecule has 1 aromatic carbocycles. The van der Waals surface area contributed by atoms with Crippen molar-refractivity contribution >= 4 is 29.9 Å². The number of nitrogens with one attached hydrogen (secondary N) is 2. The van der Waals surface area contributed by atoms with Crippen LogP contribution in [0.15, 0.2) is 47.6 Å². The third-order valence-electron chi connectivity index (χ3n) is 3.57. The van der Waals surface area contributed by atoms with Crippen molar-refractivity contribution in [3.05, 3.63) is 53.7 Å². The minimum Gasteiger partial charge on any atom is -0.494 e. The zero-order chi connectivity index (χ0) is 18.6. The summed E-state index contributed by atoms with van der Waals surface area (Å²) < 4.78 is 11.1. The predicted octanol–water partition coefficient (Wildman–Crippen LogP) is 3.75. The van der Waals surface area contributed by atoms with Gasteiger partial charge in [-0.05, 0) is 38.5 Å². The Morgan fingerprint density at radius 3 is 2.56 bits per heavy atom. The van der Waals surface area contributed by atoms with Gasteiger partial charge in [-0.1, -0.05) is 18.2 Å². The van der Waals surface area contributed by atoms with E-state index in [4.69, 9.17) is 9.47 Å². The molecule has 2 aromatic rings. The number of aromatic nitrogens is 1. The Kier molecular flexibility index (Phi) is 11.2. The van der Waals surface area contributed by atoms with E-state index in [0.717, 1.165) is 29.4 Å². The van der Waals surface area contributed by atoms with Crippen LogP contribution in [-0.2, 0) is 13.1 Å². The third kappa shape index (κ3) is 8.03. The van der Waals surface area contributed by atoms with E-state index in [1.54, 1.807) is 6.20 Å². The molecule has 0 spiro atoms. The van der Waals surface area contributed by atoms with Crippen LogP contribution in [-0.4, -0.2) is 30.7 Å². The number of para-hydroxylation sites is 1. The number of aliphatic imine (C=N–C) groups is 1. The number of hydrogen-bond donors (Lipinski definition) is 2. The normalized spacial score (nSPS) is 10.7. The maximum Gasteiger partial charge on any atom is 0.213 e. The quantitative estimate of drug-likeness (QED) is 0.323. The molecule has 0 aliphatic heterocycles. The lowest BCUT2D eigenvalue weighted by atomic mass is 10.2. The van der Waals surface area contributed by atoms with Crippen molar-refractivity contribution in [1.29, 1.82) is 0 Å². The van der Waals surface area contributed by atoms with Crippen molar-refractivity contribution in [2.75, 3.05) is 19.8 Å². The maximum atomic E-state index is 5.67. The summed E-state index contributed by atoms with van der Waals surface area (Å²) in [6.45, 7) is 9.21. The van der Waals surface area contributed by atoms with Gasteiger partial charge in [0.2, 0.25) is 5.88 Å². The molecule has 7 heteroatoms. The molecule has 0 unspecified atom stereocenters. The molecule has 6 nitrogen and oxygen atoms in total. The molecule has 0 amide bonds. The molecule has 1 heterocycles. The summed E-state index contributed by atoms with van der Waals surface area (Å²) in [5.41, 5.74) is 2.15. The zero-order valence-electron chi connectivity index (χ0n) is 16.2. The first-order valence-electron chi connectivity index (χ1n) is 9.07. The minimum absolute atomic E-state index is 0. The minimum atomic E-state index is 0. The number of benzene rings is 1. The third-order valence-corrected chi connectivity index (χ3v) is 3.57. The van der Waals surface area contributed by atoms with Crippen molar-refractivity contribution in [3.8, 4) is 11.6 Å². The van der Waals surface area contributed by atoms with Gasteiger partial charge in [-0.25, -0.2) is 9.98 Å². The molecule has 2 rings (SSSR count). The molecule has 1 aromatic heterocycles. The van der Waals surface area contributed by atoms with Crippen LogP contribution in [0.3, 0.4) is 0 Å². The van der Waals surface area contributed by atoms with Crippen molar-refractivity contribution < 1.29 is 9.47 Å². The molecule has 0 saturated heterocycles. The molecule has 0 radical (unpaired) electrons. The average Bonchev–Trinajstić information content (AvgIpc) is 2.66. The monoisotopic (exact) mass is 484 g/mol. The summed E-state index contributed by atoms with van der Waals surface area (Å²) in [6.07, 6.45) is 1.74. The highest BCUT2D eigenvalue weighted by Gasteiger charge is 2.04. The first kappa shape index (κ1) is 23.0. The van der Waals surface area contributed by atoms with Crippen molar-refractivity contribution in [2.45, 2.75) is 33.9 Å². The largest absolute Gasteiger partial charge is 0.494 e. The highest BCUT2D eigenvalue weighted by molar-refractivity contribution is 14.0. The van der Waals surface area contributed by atoms with Gasteiger partial charge in [-0.15, -0.1) is 24.0 Å². The SMILES string of the molecule is CCNC(=NCc1ccnc(OCC)c1)NCc1ccccc1OCC.I. The Morgan fingerprint density at radius 2 is 1.81 bits per heavy atom. The molecule has 0 aliphatic carbocycles. The summed E-state index contributed by atoms with van der Waals surface area (Å²) in [7, 11) is 0. The van der Waals surface area contributed by atoms with E-state index in [1.807, 2.05) is 51.1 Å². The van der Waals surface area contributed by atoms with Crippen LogP contribution in [0, 0.1) is 0 Å². The standard InChI is InChI=1S/C20H28N4O2.HI/c1-4-21-20(23-14-16-11-12-22-19(13-16)26-6-3)24-15-17-9-7-8-10-18(17)25-5-2;/h7-13H,4-6,14-15H2,1-3H3,(H2,21,23,24);1H. The molecule has 0 atom stereocenters. The second-order valence-electron chi connectivity index (χ2n) is 5.52. The Hall–Kier alpha value is -2.03. The van der Waals surface area contributed by atoms with E-state index >= 15 is 0 Å². The van der Waals surface area contributed by atoms with Gasteiger partial charge in [0.15, 0.2) is 5.96 Å². The average molecular weight is 484 g/mol. The van der Waals surface area contributed by atoms with Gasteiger partial charge < -0.3 is 20.1 Å². The molecular formula is C20H29IN4O2. The number of ether oxygens (including phenoxy) is 2. The van der Waals surface area contributed by atoms with Crippen LogP contribution in [0.5, 0.6) is 11.6 Å². The van der Waals surface area contributed by atoms with Crippen molar-refractivity contribution in [2.24, 2.45) is 4.99 Å². The van der Waals surface area contributed by atoms with E-state index < -0.39 is 0 Å². The molecule has 148 valence electrons. The van der Waals surface area contributed by atoms with E-state index in [2.05, 4.69) is 26.7 Å². The lowest BCUT2D eigenvalue weighted by Crippen LogP contribution is -2.36. The molecule has 2 N–H and O–H groups in total. The molecule has 0 aliphatic rings. The summed E-state index contributed by atoms with van der Waals surface area (Å²) in [5, 5.41) is 6.62. The van der Waals surface area contributed by atoms with E-state index in [0.29, 0.717) is 32.2 Å².